The van der Waals surface area contributed by atoms with E-state index in [-0.39, 0.29) is 42.4 Å². The van der Waals surface area contributed by atoms with Crippen molar-refractivity contribution in [3.8, 4) is 28.1 Å². The average molecular weight is 891 g/mol. The van der Waals surface area contributed by atoms with Crippen LogP contribution in [0.5, 0.6) is 5.75 Å². The second kappa shape index (κ2) is 18.7. The lowest BCUT2D eigenvalue weighted by Crippen LogP contribution is -2.58. The summed E-state index contributed by atoms with van der Waals surface area (Å²) in [6.07, 6.45) is 5.08. The highest BCUT2D eigenvalue weighted by Crippen LogP contribution is 2.44. The number of carbonyl (C=O) groups excluding carboxylic acids is 4. The summed E-state index contributed by atoms with van der Waals surface area (Å²) in [4.78, 5) is 73.8. The fraction of sp³-hybridized carbons (Fsp3) is 0.510. The van der Waals surface area contributed by atoms with Crippen molar-refractivity contribution in [1.29, 1.82) is 0 Å². The van der Waals surface area contributed by atoms with Crippen LogP contribution in [0.15, 0.2) is 48.7 Å². The largest absolute Gasteiger partial charge is 0.488 e. The molecule has 4 amide bonds. The molecule has 0 aliphatic carbocycles. The topological polar surface area (TPSA) is 193 Å². The Kier molecular flexibility index (Phi) is 13.1. The minimum Gasteiger partial charge on any atom is -0.488 e. The van der Waals surface area contributed by atoms with Crippen molar-refractivity contribution in [2.24, 2.45) is 11.3 Å². The van der Waals surface area contributed by atoms with E-state index >= 15 is 0 Å². The minimum absolute atomic E-state index is 0.0455. The summed E-state index contributed by atoms with van der Waals surface area (Å²) in [7, 11) is 2.60. The van der Waals surface area contributed by atoms with Gasteiger partial charge in [0.05, 0.1) is 49.7 Å². The van der Waals surface area contributed by atoms with Gasteiger partial charge in [0, 0.05) is 41.7 Å². The van der Waals surface area contributed by atoms with Crippen molar-refractivity contribution >= 4 is 45.8 Å². The molecule has 3 aliphatic rings. The van der Waals surface area contributed by atoms with Gasteiger partial charge < -0.3 is 49.3 Å². The van der Waals surface area contributed by atoms with Crippen LogP contribution in [-0.4, -0.2) is 105 Å². The molecule has 2 saturated heterocycles. The second-order valence-corrected chi connectivity index (χ2v) is 18.5. The van der Waals surface area contributed by atoms with Crippen LogP contribution >= 0.6 is 0 Å². The second-order valence-electron chi connectivity index (χ2n) is 18.5. The molecular formula is C49H62N8O8. The molecule has 5 atom stereocenters. The third-order valence-corrected chi connectivity index (χ3v) is 13.8. The Balaban J connectivity index is 1.03. The van der Waals surface area contributed by atoms with Crippen LogP contribution in [0, 0.1) is 11.3 Å². The number of imidazole rings is 2. The number of fused-ring (bicyclic) bond motifs is 6. The van der Waals surface area contributed by atoms with Crippen molar-refractivity contribution in [3.63, 3.8) is 0 Å². The molecule has 3 aromatic carbocycles. The van der Waals surface area contributed by atoms with Crippen LogP contribution in [0.25, 0.3) is 44.2 Å². The Hall–Kier alpha value is -6.16. The maximum Gasteiger partial charge on any atom is 0.407 e. The number of hydrogen-bond donors (Lipinski definition) is 4. The van der Waals surface area contributed by atoms with Gasteiger partial charge in [-0.05, 0) is 98.2 Å². The number of H-pyrrole nitrogens is 2. The molecule has 16 nitrogen and oxygen atoms in total. The molecule has 0 spiro atoms. The van der Waals surface area contributed by atoms with Crippen molar-refractivity contribution in [1.82, 2.24) is 40.4 Å². The predicted octanol–water partition coefficient (Wildman–Crippen LogP) is 8.16. The number of methoxy groups -OCH3 is 2. The number of carbonyl (C=O) groups is 4. The molecule has 0 unspecified atom stereocenters. The fourth-order valence-electron chi connectivity index (χ4n) is 9.91. The summed E-state index contributed by atoms with van der Waals surface area (Å²) < 4.78 is 21.9. The van der Waals surface area contributed by atoms with Gasteiger partial charge in [0.15, 0.2) is 0 Å². The molecule has 65 heavy (non-hydrogen) atoms. The standard InChI is InChI=1S/C49H62N8O8/c1-9-10-28(4)56(45(58)41(27(2)3)54-47(60)62-7)25-40-51-36-15-13-30-22-35-33-14-12-31(21-32(33)26-65-39(35)23-34(30)42(36)53-40)37-24-50-44(52-37)38-16-11-29(5)57(38)46(59)43(55-48(61)63-8)49(6)17-19-64-20-18-49/h12-15,21-24,27-29,38,41,43H,9-11,16-20,25-26H2,1-8H3,(H,50,52)(H,51,53)(H,54,60)(H,55,61)/t28-,29-,38-,41-,43+/m0/s1. The number of hydrogen-bond acceptors (Lipinski definition) is 10. The summed E-state index contributed by atoms with van der Waals surface area (Å²) in [6, 6.07) is 12.7. The van der Waals surface area contributed by atoms with Crippen molar-refractivity contribution in [2.45, 2.75) is 123 Å². The van der Waals surface area contributed by atoms with E-state index in [2.05, 4.69) is 63.9 Å². The summed E-state index contributed by atoms with van der Waals surface area (Å²) in [5.41, 5.74) is 6.02. The highest BCUT2D eigenvalue weighted by molar-refractivity contribution is 6.07. The molecule has 3 aliphatic heterocycles. The molecule has 2 fully saturated rings. The molecule has 2 aromatic heterocycles. The zero-order valence-corrected chi connectivity index (χ0v) is 38.7. The number of aromatic nitrogens is 4. The Labute approximate surface area is 379 Å². The molecule has 0 radical (unpaired) electrons. The maximum atomic E-state index is 14.5. The van der Waals surface area contributed by atoms with E-state index < -0.39 is 29.7 Å². The Morgan fingerprint density at radius 1 is 0.969 bits per heavy atom. The summed E-state index contributed by atoms with van der Waals surface area (Å²) >= 11 is 0. The summed E-state index contributed by atoms with van der Waals surface area (Å²) in [5, 5.41) is 7.55. The highest BCUT2D eigenvalue weighted by Gasteiger charge is 2.48. The minimum atomic E-state index is -0.769. The van der Waals surface area contributed by atoms with Gasteiger partial charge in [-0.1, -0.05) is 52.3 Å². The van der Waals surface area contributed by atoms with Gasteiger partial charge in [-0.3, -0.25) is 9.59 Å². The van der Waals surface area contributed by atoms with Gasteiger partial charge in [-0.15, -0.1) is 0 Å². The molecular weight excluding hydrogens is 829 g/mol. The molecule has 346 valence electrons. The lowest BCUT2D eigenvalue weighted by molar-refractivity contribution is -0.141. The molecule has 8 rings (SSSR count). The van der Waals surface area contributed by atoms with Gasteiger partial charge >= 0.3 is 12.2 Å². The van der Waals surface area contributed by atoms with Gasteiger partial charge in [-0.25, -0.2) is 19.6 Å². The van der Waals surface area contributed by atoms with E-state index in [1.165, 1.54) is 14.2 Å². The quantitative estimate of drug-likeness (QED) is 0.0897. The number of nitrogens with zero attached hydrogens (tertiary/aromatic N) is 4. The van der Waals surface area contributed by atoms with Crippen molar-refractivity contribution in [3.05, 3.63) is 65.9 Å². The van der Waals surface area contributed by atoms with Gasteiger partial charge in [0.1, 0.15) is 36.1 Å². The highest BCUT2D eigenvalue weighted by atomic mass is 16.5. The van der Waals surface area contributed by atoms with Crippen LogP contribution in [-0.2, 0) is 37.0 Å². The van der Waals surface area contributed by atoms with E-state index in [4.69, 9.17) is 28.9 Å². The zero-order valence-electron chi connectivity index (χ0n) is 38.7. The molecule has 0 saturated carbocycles. The molecule has 5 aromatic rings. The number of nitrogens with one attached hydrogen (secondary N) is 4. The van der Waals surface area contributed by atoms with Gasteiger partial charge in [-0.2, -0.15) is 0 Å². The smallest absolute Gasteiger partial charge is 0.407 e. The van der Waals surface area contributed by atoms with Gasteiger partial charge in [0.25, 0.3) is 0 Å². The number of rotatable bonds is 13. The first-order valence-corrected chi connectivity index (χ1v) is 22.9. The predicted molar refractivity (Wildman–Crippen MR) is 246 cm³/mol. The maximum absolute atomic E-state index is 14.5. The van der Waals surface area contributed by atoms with Crippen molar-refractivity contribution < 1.29 is 38.1 Å². The van der Waals surface area contributed by atoms with E-state index in [0.29, 0.717) is 44.3 Å². The Morgan fingerprint density at radius 2 is 1.72 bits per heavy atom. The lowest BCUT2D eigenvalue weighted by atomic mass is 9.75. The van der Waals surface area contributed by atoms with Crippen LogP contribution < -0.4 is 15.4 Å². The number of likely N-dealkylation sites (tertiary alicyclic amines) is 1. The van der Waals surface area contributed by atoms with Crippen molar-refractivity contribution in [2.75, 3.05) is 27.4 Å². The zero-order chi connectivity index (χ0) is 46.2. The first-order valence-electron chi connectivity index (χ1n) is 22.9. The van der Waals surface area contributed by atoms with Crippen LogP contribution in [0.1, 0.15) is 103 Å². The Morgan fingerprint density at radius 3 is 2.45 bits per heavy atom. The first kappa shape index (κ1) is 45.4. The van der Waals surface area contributed by atoms with Gasteiger partial charge in [0.2, 0.25) is 11.8 Å². The average Bonchev–Trinajstić information content (AvgIpc) is 4.06. The van der Waals surface area contributed by atoms with E-state index in [1.54, 1.807) is 4.90 Å². The summed E-state index contributed by atoms with van der Waals surface area (Å²) in [6.45, 7) is 13.7. The van der Waals surface area contributed by atoms with Crippen LogP contribution in [0.4, 0.5) is 9.59 Å². The lowest BCUT2D eigenvalue weighted by Gasteiger charge is -2.42. The number of benzene rings is 3. The van der Waals surface area contributed by atoms with Crippen LogP contribution in [0.2, 0.25) is 0 Å². The normalized spacial score (nSPS) is 19.2. The molecule has 5 heterocycles. The number of aromatic amines is 2. The molecule has 16 heteroatoms. The van der Waals surface area contributed by atoms with Crippen LogP contribution in [0.3, 0.4) is 0 Å². The van der Waals surface area contributed by atoms with E-state index in [9.17, 15) is 19.2 Å². The fourth-order valence-corrected chi connectivity index (χ4v) is 9.91. The molecule has 0 bridgehead atoms. The molecule has 4 N–H and O–H groups in total. The summed E-state index contributed by atoms with van der Waals surface area (Å²) in [5.74, 6) is 1.63. The number of ether oxygens (including phenoxy) is 4. The van der Waals surface area contributed by atoms with E-state index in [0.717, 1.165) is 81.2 Å². The third kappa shape index (κ3) is 8.96. The number of alkyl carbamates (subject to hydrolysis) is 2. The SMILES string of the molecule is CCC[C@H](C)N(Cc1nc2c(ccc3cc4c(cc32)OCc2cc(-c3cnc([C@@H]5CC[C@H](C)N5C(=O)[C@@H](NC(=O)OC)C5(C)CCOCC5)[nH]3)ccc2-4)[nH]1)C(=O)[C@@H](NC(=O)OC)C(C)C. The monoisotopic (exact) mass is 890 g/mol. The Bertz CT molecular complexity index is 2580. The first-order chi connectivity index (χ1) is 31.2. The van der Waals surface area contributed by atoms with E-state index in [1.807, 2.05) is 51.8 Å². The number of amides is 4. The third-order valence-electron chi connectivity index (χ3n) is 13.8.